The van der Waals surface area contributed by atoms with Crippen LogP contribution in [0.15, 0.2) is 42.5 Å². The van der Waals surface area contributed by atoms with Crippen LogP contribution in [0, 0.1) is 0 Å². The fourth-order valence-electron chi connectivity index (χ4n) is 1.50. The van der Waals surface area contributed by atoms with E-state index in [0.29, 0.717) is 21.6 Å². The predicted molar refractivity (Wildman–Crippen MR) is 78.4 cm³/mol. The van der Waals surface area contributed by atoms with Gasteiger partial charge in [-0.1, -0.05) is 53.0 Å². The molecule has 0 heterocycles. The van der Waals surface area contributed by atoms with Crippen LogP contribution in [0.1, 0.15) is 5.56 Å². The molecule has 2 rings (SSSR count). The first-order chi connectivity index (χ1) is 8.66. The summed E-state index contributed by atoms with van der Waals surface area (Å²) in [4.78, 5) is 0. The lowest BCUT2D eigenvalue weighted by Crippen LogP contribution is -2.21. The number of anilines is 1. The second-order valence-corrected chi connectivity index (χ2v) is 4.93. The van der Waals surface area contributed by atoms with E-state index >= 15 is 0 Å². The Balaban J connectivity index is 1.99. The molecular formula is C13H11Cl3N2. The van der Waals surface area contributed by atoms with Crippen LogP contribution in [0.25, 0.3) is 0 Å². The number of para-hydroxylation sites is 1. The minimum atomic E-state index is 0.459. The summed E-state index contributed by atoms with van der Waals surface area (Å²) >= 11 is 18.0. The molecule has 2 aromatic carbocycles. The van der Waals surface area contributed by atoms with Gasteiger partial charge in [0, 0.05) is 17.3 Å². The van der Waals surface area contributed by atoms with Crippen LogP contribution in [-0.4, -0.2) is 0 Å². The second kappa shape index (κ2) is 6.30. The van der Waals surface area contributed by atoms with Crippen molar-refractivity contribution in [2.75, 3.05) is 5.43 Å². The largest absolute Gasteiger partial charge is 0.321 e. The van der Waals surface area contributed by atoms with Gasteiger partial charge in [-0.2, -0.15) is 0 Å². The monoisotopic (exact) mass is 300 g/mol. The van der Waals surface area contributed by atoms with E-state index in [9.17, 15) is 0 Å². The minimum Gasteiger partial charge on any atom is -0.321 e. The maximum atomic E-state index is 6.09. The van der Waals surface area contributed by atoms with Crippen LogP contribution < -0.4 is 10.9 Å². The molecular weight excluding hydrogens is 291 g/mol. The Morgan fingerprint density at radius 1 is 0.944 bits per heavy atom. The summed E-state index contributed by atoms with van der Waals surface area (Å²) in [5.74, 6) is 0. The van der Waals surface area contributed by atoms with Crippen LogP contribution in [0.3, 0.4) is 0 Å². The quantitative estimate of drug-likeness (QED) is 0.628. The van der Waals surface area contributed by atoms with Gasteiger partial charge >= 0.3 is 0 Å². The molecule has 0 aromatic heterocycles. The van der Waals surface area contributed by atoms with E-state index in [1.165, 1.54) is 0 Å². The molecule has 0 radical (unpaired) electrons. The first-order valence-corrected chi connectivity index (χ1v) is 6.47. The normalized spacial score (nSPS) is 10.4. The molecule has 94 valence electrons. The topological polar surface area (TPSA) is 24.1 Å². The summed E-state index contributed by atoms with van der Waals surface area (Å²) in [6.07, 6.45) is 0. The summed E-state index contributed by atoms with van der Waals surface area (Å²) in [7, 11) is 0. The number of hydrogen-bond donors (Lipinski definition) is 2. The molecule has 2 aromatic rings. The lowest BCUT2D eigenvalue weighted by molar-refractivity contribution is 0.801. The van der Waals surface area contributed by atoms with Crippen molar-refractivity contribution in [1.82, 2.24) is 5.43 Å². The van der Waals surface area contributed by atoms with Crippen LogP contribution in [-0.2, 0) is 6.54 Å². The van der Waals surface area contributed by atoms with Gasteiger partial charge in [-0.3, -0.25) is 0 Å². The molecule has 0 saturated carbocycles. The van der Waals surface area contributed by atoms with Gasteiger partial charge in [-0.25, -0.2) is 5.43 Å². The Bertz CT molecular complexity index is 529. The number of nitrogens with one attached hydrogen (secondary N) is 2. The van der Waals surface area contributed by atoms with Gasteiger partial charge in [0.25, 0.3) is 0 Å². The van der Waals surface area contributed by atoms with Crippen LogP contribution in [0.5, 0.6) is 0 Å². The van der Waals surface area contributed by atoms with Crippen LogP contribution in [0.2, 0.25) is 15.1 Å². The number of hydrazine groups is 1. The molecule has 0 bridgehead atoms. The van der Waals surface area contributed by atoms with Crippen molar-refractivity contribution in [3.8, 4) is 0 Å². The van der Waals surface area contributed by atoms with Gasteiger partial charge in [-0.05, 0) is 29.8 Å². The molecule has 0 fully saturated rings. The first-order valence-electron chi connectivity index (χ1n) is 5.34. The zero-order valence-corrected chi connectivity index (χ0v) is 11.7. The summed E-state index contributed by atoms with van der Waals surface area (Å²) in [5, 5.41) is 1.55. The van der Waals surface area contributed by atoms with Crippen molar-refractivity contribution in [1.29, 1.82) is 0 Å². The summed E-state index contributed by atoms with van der Waals surface area (Å²) in [5.41, 5.74) is 7.94. The zero-order chi connectivity index (χ0) is 13.0. The van der Waals surface area contributed by atoms with Crippen molar-refractivity contribution < 1.29 is 0 Å². The number of hydrogen-bond acceptors (Lipinski definition) is 2. The zero-order valence-electron chi connectivity index (χ0n) is 9.38. The van der Waals surface area contributed by atoms with E-state index < -0.39 is 0 Å². The Morgan fingerprint density at radius 2 is 1.67 bits per heavy atom. The van der Waals surface area contributed by atoms with Crippen molar-refractivity contribution in [3.05, 3.63) is 63.1 Å². The van der Waals surface area contributed by atoms with Crippen LogP contribution >= 0.6 is 34.8 Å². The third kappa shape index (κ3) is 3.53. The Kier molecular flexibility index (Phi) is 4.72. The predicted octanol–water partition coefficient (Wildman–Crippen LogP) is 4.76. The number of halogens is 3. The lowest BCUT2D eigenvalue weighted by atomic mass is 10.2. The molecule has 0 aliphatic rings. The van der Waals surface area contributed by atoms with E-state index in [0.717, 1.165) is 11.3 Å². The van der Waals surface area contributed by atoms with Crippen molar-refractivity contribution in [2.24, 2.45) is 0 Å². The number of benzene rings is 2. The lowest BCUT2D eigenvalue weighted by Gasteiger charge is -2.10. The first kappa shape index (κ1) is 13.5. The van der Waals surface area contributed by atoms with Crippen LogP contribution in [0.4, 0.5) is 5.69 Å². The fraction of sp³-hybridized carbons (Fsp3) is 0.0769. The van der Waals surface area contributed by atoms with E-state index in [4.69, 9.17) is 34.8 Å². The molecule has 0 unspecified atom stereocenters. The smallest absolute Gasteiger partial charge is 0.0639 e. The van der Waals surface area contributed by atoms with E-state index in [-0.39, 0.29) is 0 Å². The molecule has 5 heteroatoms. The standard InChI is InChI=1S/C13H11Cl3N2/c14-10-6-9(13(16)12(15)7-10)8-17-18-11-4-2-1-3-5-11/h1-7,17-18H,8H2. The molecule has 18 heavy (non-hydrogen) atoms. The van der Waals surface area contributed by atoms with Crippen molar-refractivity contribution in [2.45, 2.75) is 6.54 Å². The third-order valence-electron chi connectivity index (χ3n) is 2.35. The van der Waals surface area contributed by atoms with Gasteiger partial charge in [0.15, 0.2) is 0 Å². The molecule has 0 saturated heterocycles. The average molecular weight is 302 g/mol. The van der Waals surface area contributed by atoms with Gasteiger partial charge < -0.3 is 5.43 Å². The molecule has 2 N–H and O–H groups in total. The van der Waals surface area contributed by atoms with Crippen molar-refractivity contribution >= 4 is 40.5 Å². The molecule has 0 amide bonds. The third-order valence-corrected chi connectivity index (χ3v) is 3.41. The molecule has 0 atom stereocenters. The maximum Gasteiger partial charge on any atom is 0.0639 e. The van der Waals surface area contributed by atoms with Gasteiger partial charge in [0.2, 0.25) is 0 Å². The van der Waals surface area contributed by atoms with E-state index in [1.54, 1.807) is 12.1 Å². The second-order valence-electron chi connectivity index (χ2n) is 3.71. The Hall–Kier alpha value is -0.930. The highest BCUT2D eigenvalue weighted by Gasteiger charge is 2.06. The highest BCUT2D eigenvalue weighted by Crippen LogP contribution is 2.29. The Labute approximate surface area is 121 Å². The summed E-state index contributed by atoms with van der Waals surface area (Å²) < 4.78 is 0. The molecule has 0 aliphatic heterocycles. The van der Waals surface area contributed by atoms with Gasteiger partial charge in [-0.15, -0.1) is 0 Å². The molecule has 0 aliphatic carbocycles. The fourth-order valence-corrected chi connectivity index (χ4v) is 2.21. The SMILES string of the molecule is Clc1cc(Cl)c(Cl)c(CNNc2ccccc2)c1. The summed E-state index contributed by atoms with van der Waals surface area (Å²) in [6, 6.07) is 13.2. The molecule has 2 nitrogen and oxygen atoms in total. The Morgan fingerprint density at radius 3 is 2.39 bits per heavy atom. The van der Waals surface area contributed by atoms with E-state index in [2.05, 4.69) is 10.9 Å². The number of rotatable bonds is 4. The highest BCUT2D eigenvalue weighted by molar-refractivity contribution is 6.43. The minimum absolute atomic E-state index is 0.459. The summed E-state index contributed by atoms with van der Waals surface area (Å²) in [6.45, 7) is 0.522. The average Bonchev–Trinajstić information content (AvgIpc) is 2.36. The van der Waals surface area contributed by atoms with Gasteiger partial charge in [0.1, 0.15) is 0 Å². The van der Waals surface area contributed by atoms with Crippen molar-refractivity contribution in [3.63, 3.8) is 0 Å². The maximum absolute atomic E-state index is 6.09. The van der Waals surface area contributed by atoms with E-state index in [1.807, 2.05) is 30.3 Å². The molecule has 0 spiro atoms. The highest BCUT2D eigenvalue weighted by atomic mass is 35.5. The van der Waals surface area contributed by atoms with Gasteiger partial charge in [0.05, 0.1) is 10.0 Å².